The van der Waals surface area contributed by atoms with Crippen LogP contribution in [0.4, 0.5) is 0 Å². The molecule has 1 aliphatic heterocycles. The highest BCUT2D eigenvalue weighted by molar-refractivity contribution is 5.95. The van der Waals surface area contributed by atoms with Gasteiger partial charge in [0, 0.05) is 31.5 Å². The van der Waals surface area contributed by atoms with Gasteiger partial charge in [-0.1, -0.05) is 12.1 Å². The van der Waals surface area contributed by atoms with E-state index in [0.29, 0.717) is 17.7 Å². The summed E-state index contributed by atoms with van der Waals surface area (Å²) in [4.78, 5) is 29.9. The van der Waals surface area contributed by atoms with E-state index in [1.165, 1.54) is 0 Å². The summed E-state index contributed by atoms with van der Waals surface area (Å²) in [5.74, 6) is -0.0815. The molecule has 120 valence electrons. The molecule has 1 saturated heterocycles. The van der Waals surface area contributed by atoms with Crippen LogP contribution in [0.3, 0.4) is 0 Å². The molecule has 0 aliphatic carbocycles. The summed E-state index contributed by atoms with van der Waals surface area (Å²) >= 11 is 0. The minimum atomic E-state index is -0.901. The minimum absolute atomic E-state index is 0.0226. The molecule has 1 aromatic heterocycles. The zero-order valence-corrected chi connectivity index (χ0v) is 13.0. The van der Waals surface area contributed by atoms with E-state index in [2.05, 4.69) is 4.98 Å². The third-order valence-corrected chi connectivity index (χ3v) is 4.20. The summed E-state index contributed by atoms with van der Waals surface area (Å²) < 4.78 is 1.94. The van der Waals surface area contributed by atoms with Crippen molar-refractivity contribution in [3.63, 3.8) is 0 Å². The molecule has 1 atom stereocenters. The second-order valence-corrected chi connectivity index (χ2v) is 5.82. The van der Waals surface area contributed by atoms with Crippen LogP contribution in [0.2, 0.25) is 0 Å². The van der Waals surface area contributed by atoms with E-state index in [0.717, 1.165) is 18.7 Å². The van der Waals surface area contributed by atoms with Crippen LogP contribution in [0.1, 0.15) is 40.6 Å². The molecule has 6 nitrogen and oxygen atoms in total. The third-order valence-electron chi connectivity index (χ3n) is 4.20. The maximum atomic E-state index is 12.8. The number of carbonyl (C=O) groups is 2. The zero-order valence-electron chi connectivity index (χ0n) is 13.0. The zero-order chi connectivity index (χ0) is 16.4. The van der Waals surface area contributed by atoms with Gasteiger partial charge in [-0.3, -0.25) is 9.59 Å². The van der Waals surface area contributed by atoms with E-state index in [-0.39, 0.29) is 18.4 Å². The topological polar surface area (TPSA) is 75.4 Å². The molecule has 0 spiro atoms. The molecule has 2 heterocycles. The van der Waals surface area contributed by atoms with Crippen molar-refractivity contribution >= 4 is 11.9 Å². The lowest BCUT2D eigenvalue weighted by Crippen LogP contribution is -2.31. The Morgan fingerprint density at radius 3 is 2.91 bits per heavy atom. The van der Waals surface area contributed by atoms with Crippen LogP contribution in [-0.2, 0) is 18.3 Å². The molecule has 0 saturated carbocycles. The Morgan fingerprint density at radius 1 is 1.39 bits per heavy atom. The van der Waals surface area contributed by atoms with Crippen LogP contribution < -0.4 is 0 Å². The number of carboxylic acids is 1. The van der Waals surface area contributed by atoms with E-state index >= 15 is 0 Å². The summed E-state index contributed by atoms with van der Waals surface area (Å²) in [7, 11) is 1.93. The van der Waals surface area contributed by atoms with Gasteiger partial charge < -0.3 is 14.6 Å². The van der Waals surface area contributed by atoms with Gasteiger partial charge in [-0.25, -0.2) is 4.98 Å². The lowest BCUT2D eigenvalue weighted by atomic mass is 10.1. The second-order valence-electron chi connectivity index (χ2n) is 5.82. The number of benzene rings is 1. The van der Waals surface area contributed by atoms with Crippen LogP contribution in [0.5, 0.6) is 0 Å². The first-order valence-electron chi connectivity index (χ1n) is 7.65. The van der Waals surface area contributed by atoms with Crippen molar-refractivity contribution in [2.24, 2.45) is 7.05 Å². The highest BCUT2D eigenvalue weighted by atomic mass is 16.4. The van der Waals surface area contributed by atoms with E-state index in [4.69, 9.17) is 5.11 Å². The highest BCUT2D eigenvalue weighted by Crippen LogP contribution is 2.32. The smallest absolute Gasteiger partial charge is 0.307 e. The number of likely N-dealkylation sites (tertiary alicyclic amines) is 1. The van der Waals surface area contributed by atoms with Crippen molar-refractivity contribution in [3.05, 3.63) is 53.6 Å². The van der Waals surface area contributed by atoms with Gasteiger partial charge in [0.05, 0.1) is 12.5 Å². The third kappa shape index (κ3) is 3.11. The number of hydrogen-bond acceptors (Lipinski definition) is 3. The number of rotatable bonds is 4. The summed E-state index contributed by atoms with van der Waals surface area (Å²) in [6.07, 6.45) is 5.38. The maximum absolute atomic E-state index is 12.8. The van der Waals surface area contributed by atoms with Crippen molar-refractivity contribution in [2.45, 2.75) is 25.3 Å². The first-order chi connectivity index (χ1) is 11.1. The van der Waals surface area contributed by atoms with Crippen LogP contribution in [0.25, 0.3) is 0 Å². The molecule has 1 fully saturated rings. The number of aliphatic carboxylic acids is 1. The van der Waals surface area contributed by atoms with E-state index in [1.54, 1.807) is 30.5 Å². The Kier molecular flexibility index (Phi) is 4.14. The fourth-order valence-corrected chi connectivity index (χ4v) is 3.13. The first-order valence-corrected chi connectivity index (χ1v) is 7.65. The molecule has 2 aromatic rings. The van der Waals surface area contributed by atoms with E-state index in [1.807, 2.05) is 22.7 Å². The summed E-state index contributed by atoms with van der Waals surface area (Å²) in [5.41, 5.74) is 1.17. The molecular weight excluding hydrogens is 294 g/mol. The number of carboxylic acid groups (broad SMARTS) is 1. The molecule has 23 heavy (non-hydrogen) atoms. The molecule has 3 rings (SSSR count). The Morgan fingerprint density at radius 2 is 2.22 bits per heavy atom. The van der Waals surface area contributed by atoms with Crippen LogP contribution in [0, 0.1) is 0 Å². The standard InChI is InChI=1S/C17H19N3O3/c1-19-9-7-18-16(19)14-6-3-8-20(14)17(23)13-5-2-4-12(10-13)11-15(21)22/h2,4-5,7,9-10,14H,3,6,8,11H2,1H3,(H,21,22). The van der Waals surface area contributed by atoms with Crippen molar-refractivity contribution in [3.8, 4) is 0 Å². The molecule has 1 amide bonds. The molecular formula is C17H19N3O3. The van der Waals surface area contributed by atoms with Gasteiger partial charge in [0.25, 0.3) is 5.91 Å². The number of aryl methyl sites for hydroxylation is 1. The van der Waals surface area contributed by atoms with Crippen molar-refractivity contribution in [1.82, 2.24) is 14.5 Å². The van der Waals surface area contributed by atoms with Gasteiger partial charge >= 0.3 is 5.97 Å². The average molecular weight is 313 g/mol. The number of nitrogens with zero attached hydrogens (tertiary/aromatic N) is 3. The van der Waals surface area contributed by atoms with E-state index < -0.39 is 5.97 Å². The molecule has 1 unspecified atom stereocenters. The van der Waals surface area contributed by atoms with Gasteiger partial charge in [-0.2, -0.15) is 0 Å². The number of amides is 1. The number of aromatic nitrogens is 2. The van der Waals surface area contributed by atoms with Gasteiger partial charge in [0.15, 0.2) is 0 Å². The Bertz CT molecular complexity index is 738. The van der Waals surface area contributed by atoms with Gasteiger partial charge in [0.2, 0.25) is 0 Å². The Labute approximate surface area is 134 Å². The lowest BCUT2D eigenvalue weighted by molar-refractivity contribution is -0.136. The van der Waals surface area contributed by atoms with Crippen molar-refractivity contribution in [1.29, 1.82) is 0 Å². The summed E-state index contributed by atoms with van der Waals surface area (Å²) in [5, 5.41) is 8.90. The molecule has 1 N–H and O–H groups in total. The normalized spacial score (nSPS) is 17.4. The van der Waals surface area contributed by atoms with Crippen LogP contribution >= 0.6 is 0 Å². The Hall–Kier alpha value is -2.63. The summed E-state index contributed by atoms with van der Waals surface area (Å²) in [6.45, 7) is 0.694. The average Bonchev–Trinajstić information content (AvgIpc) is 3.14. The molecule has 0 bridgehead atoms. The lowest BCUT2D eigenvalue weighted by Gasteiger charge is -2.24. The minimum Gasteiger partial charge on any atom is -0.481 e. The SMILES string of the molecule is Cn1ccnc1C1CCCN1C(=O)c1cccc(CC(=O)O)c1. The number of imidazole rings is 1. The molecule has 1 aliphatic rings. The second kappa shape index (κ2) is 6.24. The molecule has 0 radical (unpaired) electrons. The largest absolute Gasteiger partial charge is 0.481 e. The highest BCUT2D eigenvalue weighted by Gasteiger charge is 2.32. The maximum Gasteiger partial charge on any atom is 0.307 e. The Balaban J connectivity index is 1.85. The number of carbonyl (C=O) groups excluding carboxylic acids is 1. The fourth-order valence-electron chi connectivity index (χ4n) is 3.13. The molecule has 6 heteroatoms. The van der Waals surface area contributed by atoms with E-state index in [9.17, 15) is 9.59 Å². The fraction of sp³-hybridized carbons (Fsp3) is 0.353. The predicted molar refractivity (Wildman–Crippen MR) is 84.0 cm³/mol. The van der Waals surface area contributed by atoms with Gasteiger partial charge in [-0.05, 0) is 30.5 Å². The molecule has 1 aromatic carbocycles. The summed E-state index contributed by atoms with van der Waals surface area (Å²) in [6, 6.07) is 6.85. The van der Waals surface area contributed by atoms with Gasteiger partial charge in [0.1, 0.15) is 5.82 Å². The monoisotopic (exact) mass is 313 g/mol. The van der Waals surface area contributed by atoms with Crippen molar-refractivity contribution in [2.75, 3.05) is 6.54 Å². The van der Waals surface area contributed by atoms with Gasteiger partial charge in [-0.15, -0.1) is 0 Å². The van der Waals surface area contributed by atoms with Crippen molar-refractivity contribution < 1.29 is 14.7 Å². The quantitative estimate of drug-likeness (QED) is 0.937. The number of hydrogen-bond donors (Lipinski definition) is 1. The first kappa shape index (κ1) is 15.3. The van der Waals surface area contributed by atoms with Crippen LogP contribution in [0.15, 0.2) is 36.7 Å². The van der Waals surface area contributed by atoms with Crippen LogP contribution in [-0.4, -0.2) is 38.0 Å². The predicted octanol–water partition coefficient (Wildman–Crippen LogP) is 2.02.